The van der Waals surface area contributed by atoms with Gasteiger partial charge in [0.2, 0.25) is 15.9 Å². The van der Waals surface area contributed by atoms with Gasteiger partial charge in [-0.3, -0.25) is 9.10 Å². The van der Waals surface area contributed by atoms with Crippen LogP contribution in [-0.4, -0.2) is 26.6 Å². The number of para-hydroxylation sites is 1. The Morgan fingerprint density at radius 3 is 2.42 bits per heavy atom. The van der Waals surface area contributed by atoms with Gasteiger partial charge >= 0.3 is 0 Å². The number of sulfonamides is 1. The van der Waals surface area contributed by atoms with Gasteiger partial charge in [-0.25, -0.2) is 12.8 Å². The minimum absolute atomic E-state index is 0.102. The lowest BCUT2D eigenvalue weighted by molar-refractivity contribution is -0.116. The Hall–Kier alpha value is -2.41. The molecule has 0 fully saturated rings. The van der Waals surface area contributed by atoms with Gasteiger partial charge in [0.25, 0.3) is 0 Å². The van der Waals surface area contributed by atoms with E-state index < -0.39 is 27.8 Å². The molecule has 0 radical (unpaired) electrons. The number of aryl methyl sites for hydroxylation is 1. The molecule has 2 aromatic carbocycles. The van der Waals surface area contributed by atoms with Crippen LogP contribution in [0.5, 0.6) is 0 Å². The van der Waals surface area contributed by atoms with E-state index in [1.54, 1.807) is 12.1 Å². The summed E-state index contributed by atoms with van der Waals surface area (Å²) >= 11 is 0. The van der Waals surface area contributed by atoms with Crippen molar-refractivity contribution in [2.45, 2.75) is 19.9 Å². The number of nitrogens with zero attached hydrogens (tertiary/aromatic N) is 1. The van der Waals surface area contributed by atoms with Crippen molar-refractivity contribution >= 4 is 27.3 Å². The summed E-state index contributed by atoms with van der Waals surface area (Å²) in [6.45, 7) is 3.29. The fourth-order valence-corrected chi connectivity index (χ4v) is 3.54. The summed E-state index contributed by atoms with van der Waals surface area (Å²) < 4.78 is 38.6. The van der Waals surface area contributed by atoms with Crippen LogP contribution in [0.3, 0.4) is 0 Å². The van der Waals surface area contributed by atoms with Crippen molar-refractivity contribution in [1.82, 2.24) is 0 Å². The molecule has 1 N–H and O–H groups in total. The topological polar surface area (TPSA) is 66.5 Å². The Balaban J connectivity index is 2.33. The summed E-state index contributed by atoms with van der Waals surface area (Å²) in [5, 5.41) is 2.71. The zero-order chi connectivity index (χ0) is 17.9. The molecular weight excluding hydrogens is 331 g/mol. The van der Waals surface area contributed by atoms with E-state index in [1.165, 1.54) is 25.1 Å². The molecule has 0 aliphatic heterocycles. The monoisotopic (exact) mass is 350 g/mol. The Morgan fingerprint density at radius 1 is 1.17 bits per heavy atom. The summed E-state index contributed by atoms with van der Waals surface area (Å²) in [6.07, 6.45) is 0.982. The number of carbonyl (C=O) groups is 1. The van der Waals surface area contributed by atoms with Gasteiger partial charge in [0, 0.05) is 5.69 Å². The summed E-state index contributed by atoms with van der Waals surface area (Å²) in [6, 6.07) is 11.3. The van der Waals surface area contributed by atoms with Crippen LogP contribution < -0.4 is 9.62 Å². The van der Waals surface area contributed by atoms with E-state index in [9.17, 15) is 17.6 Å². The van der Waals surface area contributed by atoms with E-state index in [4.69, 9.17) is 0 Å². The predicted molar refractivity (Wildman–Crippen MR) is 93.0 cm³/mol. The number of anilines is 2. The average molecular weight is 350 g/mol. The molecule has 0 bridgehead atoms. The van der Waals surface area contributed by atoms with Crippen LogP contribution in [0.4, 0.5) is 15.8 Å². The SMILES string of the molecule is Cc1ccccc1NC(=O)[C@H](C)N(c1cccc(F)c1)S(C)(=O)=O. The fraction of sp³-hybridized carbons (Fsp3) is 0.235. The first-order valence-corrected chi connectivity index (χ1v) is 9.16. The Labute approximate surface area is 141 Å². The normalized spacial score (nSPS) is 12.5. The number of carbonyl (C=O) groups excluding carboxylic acids is 1. The highest BCUT2D eigenvalue weighted by molar-refractivity contribution is 7.92. The molecule has 7 heteroatoms. The Kier molecular flexibility index (Phi) is 5.23. The molecule has 0 heterocycles. The van der Waals surface area contributed by atoms with Gasteiger partial charge in [-0.15, -0.1) is 0 Å². The van der Waals surface area contributed by atoms with E-state index in [-0.39, 0.29) is 5.69 Å². The van der Waals surface area contributed by atoms with Crippen LogP contribution in [0.2, 0.25) is 0 Å². The van der Waals surface area contributed by atoms with Crippen molar-refractivity contribution in [3.05, 3.63) is 59.9 Å². The number of amides is 1. The molecule has 24 heavy (non-hydrogen) atoms. The second kappa shape index (κ2) is 7.00. The standard InChI is InChI=1S/C17H19FN2O3S/c1-12-7-4-5-10-16(12)19-17(21)13(2)20(24(3,22)23)15-9-6-8-14(18)11-15/h4-11,13H,1-3H3,(H,19,21)/t13-/m0/s1. The van der Waals surface area contributed by atoms with Gasteiger partial charge in [-0.1, -0.05) is 24.3 Å². The van der Waals surface area contributed by atoms with Crippen molar-refractivity contribution in [2.75, 3.05) is 15.9 Å². The zero-order valence-electron chi connectivity index (χ0n) is 13.7. The number of hydrogen-bond acceptors (Lipinski definition) is 3. The molecule has 0 aliphatic carbocycles. The first-order chi connectivity index (χ1) is 11.2. The molecule has 0 saturated heterocycles. The van der Waals surface area contributed by atoms with Gasteiger partial charge in [0.15, 0.2) is 0 Å². The van der Waals surface area contributed by atoms with Crippen LogP contribution in [0.25, 0.3) is 0 Å². The van der Waals surface area contributed by atoms with Crippen LogP contribution in [0.1, 0.15) is 12.5 Å². The van der Waals surface area contributed by atoms with Gasteiger partial charge in [0.1, 0.15) is 11.9 Å². The zero-order valence-corrected chi connectivity index (χ0v) is 14.5. The summed E-state index contributed by atoms with van der Waals surface area (Å²) in [5.41, 5.74) is 1.56. The highest BCUT2D eigenvalue weighted by Crippen LogP contribution is 2.23. The second-order valence-corrected chi connectivity index (χ2v) is 7.38. The number of benzene rings is 2. The quantitative estimate of drug-likeness (QED) is 0.902. The minimum atomic E-state index is -3.78. The third kappa shape index (κ3) is 4.11. The largest absolute Gasteiger partial charge is 0.324 e. The lowest BCUT2D eigenvalue weighted by atomic mass is 10.2. The van der Waals surface area contributed by atoms with Crippen LogP contribution in [-0.2, 0) is 14.8 Å². The maximum Gasteiger partial charge on any atom is 0.248 e. The van der Waals surface area contributed by atoms with Crippen LogP contribution in [0.15, 0.2) is 48.5 Å². The first kappa shape index (κ1) is 17.9. The van der Waals surface area contributed by atoms with Gasteiger partial charge in [-0.2, -0.15) is 0 Å². The fourth-order valence-electron chi connectivity index (χ4n) is 2.37. The van der Waals surface area contributed by atoms with Crippen molar-refractivity contribution in [3.63, 3.8) is 0 Å². The van der Waals surface area contributed by atoms with E-state index >= 15 is 0 Å². The van der Waals surface area contributed by atoms with Crippen molar-refractivity contribution in [3.8, 4) is 0 Å². The highest BCUT2D eigenvalue weighted by Gasteiger charge is 2.29. The summed E-state index contributed by atoms with van der Waals surface area (Å²) in [5.74, 6) is -1.08. The second-order valence-electron chi connectivity index (χ2n) is 5.52. The Morgan fingerprint density at radius 2 is 1.83 bits per heavy atom. The molecule has 2 aromatic rings. The first-order valence-electron chi connectivity index (χ1n) is 7.31. The van der Waals surface area contributed by atoms with Crippen molar-refractivity contribution < 1.29 is 17.6 Å². The van der Waals surface area contributed by atoms with E-state index in [1.807, 2.05) is 19.1 Å². The maximum atomic E-state index is 13.5. The van der Waals surface area contributed by atoms with Crippen LogP contribution >= 0.6 is 0 Å². The summed E-state index contributed by atoms with van der Waals surface area (Å²) in [7, 11) is -3.78. The van der Waals surface area contributed by atoms with E-state index in [2.05, 4.69) is 5.32 Å². The lowest BCUT2D eigenvalue weighted by Gasteiger charge is -2.28. The smallest absolute Gasteiger partial charge is 0.248 e. The molecular formula is C17H19FN2O3S. The molecule has 5 nitrogen and oxygen atoms in total. The van der Waals surface area contributed by atoms with Gasteiger partial charge in [0.05, 0.1) is 11.9 Å². The van der Waals surface area contributed by atoms with E-state index in [0.29, 0.717) is 5.69 Å². The number of rotatable bonds is 5. The van der Waals surface area contributed by atoms with Crippen molar-refractivity contribution in [1.29, 1.82) is 0 Å². The number of hydrogen-bond donors (Lipinski definition) is 1. The molecule has 1 amide bonds. The summed E-state index contributed by atoms with van der Waals surface area (Å²) in [4.78, 5) is 12.5. The van der Waals surface area contributed by atoms with Crippen LogP contribution in [0, 0.1) is 12.7 Å². The molecule has 0 spiro atoms. The number of nitrogens with one attached hydrogen (secondary N) is 1. The molecule has 0 aliphatic rings. The molecule has 0 aromatic heterocycles. The third-order valence-electron chi connectivity index (χ3n) is 3.55. The van der Waals surface area contributed by atoms with Gasteiger partial charge < -0.3 is 5.32 Å². The predicted octanol–water partition coefficient (Wildman–Crippen LogP) is 2.93. The van der Waals surface area contributed by atoms with Gasteiger partial charge in [-0.05, 0) is 43.7 Å². The van der Waals surface area contributed by atoms with E-state index in [0.717, 1.165) is 22.2 Å². The lowest BCUT2D eigenvalue weighted by Crippen LogP contribution is -2.45. The maximum absolute atomic E-state index is 13.5. The molecule has 2 rings (SSSR count). The van der Waals surface area contributed by atoms with Crippen molar-refractivity contribution in [2.24, 2.45) is 0 Å². The molecule has 128 valence electrons. The minimum Gasteiger partial charge on any atom is -0.324 e. The number of halogens is 1. The highest BCUT2D eigenvalue weighted by atomic mass is 32.2. The Bertz CT molecular complexity index is 852. The molecule has 0 saturated carbocycles. The third-order valence-corrected chi connectivity index (χ3v) is 4.80. The molecule has 0 unspecified atom stereocenters. The average Bonchev–Trinajstić information content (AvgIpc) is 2.48. The molecule has 1 atom stereocenters.